The minimum absolute atomic E-state index is 0.0225. The van der Waals surface area contributed by atoms with E-state index in [4.69, 9.17) is 4.74 Å². The quantitative estimate of drug-likeness (QED) is 0.0874. The Morgan fingerprint density at radius 3 is 2.31 bits per heavy atom. The number of carbonyl (C=O) groups excluding carboxylic acids is 5. The number of carboxylic acids is 1. The zero-order chi connectivity index (χ0) is 35.5. The number of Topliss-reactive ketones (excluding diaryl/α,β-unsaturated/α-hetero) is 1. The number of benzene rings is 1. The van der Waals surface area contributed by atoms with Crippen LogP contribution in [0.2, 0.25) is 0 Å². The summed E-state index contributed by atoms with van der Waals surface area (Å²) in [6.45, 7) is 5.69. The standard InChI is InChI=1S/C32H47N5O10S/c1-3-22-47-32(44)34-20-9-7-14-25(35-29(40)16-8-10-19-33-23(2)38)28(39)18-17-26(31(42)43)36-30(41)27-15-11-21-37(27)48(45,46)24-12-5-4-6-13-24/h3-6,12-13,25-27H,1,7-11,14-22H2,2H3,(H,33,38)(H,34,44)(H,35,40)(H,36,41)(H,42,43). The molecular formula is C32H47N5O10S. The molecule has 1 aromatic rings. The second kappa shape index (κ2) is 20.8. The van der Waals surface area contributed by atoms with Crippen molar-refractivity contribution in [2.45, 2.75) is 94.2 Å². The number of carbonyl (C=O) groups is 6. The minimum Gasteiger partial charge on any atom is -0.480 e. The maximum absolute atomic E-state index is 13.3. The lowest BCUT2D eigenvalue weighted by Gasteiger charge is -2.25. The van der Waals surface area contributed by atoms with Crippen LogP contribution >= 0.6 is 0 Å². The van der Waals surface area contributed by atoms with Crippen molar-refractivity contribution in [3.63, 3.8) is 0 Å². The molecule has 1 aromatic carbocycles. The van der Waals surface area contributed by atoms with Crippen LogP contribution < -0.4 is 21.3 Å². The first-order valence-corrected chi connectivity index (χ1v) is 17.5. The number of nitrogens with zero attached hydrogens (tertiary/aromatic N) is 1. The Balaban J connectivity index is 2.00. The Kier molecular flexibility index (Phi) is 17.3. The number of ketones is 1. The number of ether oxygens (including phenoxy) is 1. The third-order valence-corrected chi connectivity index (χ3v) is 9.52. The number of hydrogen-bond acceptors (Lipinski definition) is 9. The van der Waals surface area contributed by atoms with E-state index in [0.29, 0.717) is 38.6 Å². The van der Waals surface area contributed by atoms with Crippen LogP contribution in [0.15, 0.2) is 47.9 Å². The molecule has 0 saturated carbocycles. The van der Waals surface area contributed by atoms with Crippen molar-refractivity contribution in [2.75, 3.05) is 26.2 Å². The molecule has 1 aliphatic rings. The molecule has 1 fully saturated rings. The molecule has 0 aliphatic carbocycles. The highest BCUT2D eigenvalue weighted by Crippen LogP contribution is 2.26. The van der Waals surface area contributed by atoms with Crippen LogP contribution in [0.1, 0.15) is 71.1 Å². The van der Waals surface area contributed by atoms with Gasteiger partial charge in [-0.15, -0.1) is 0 Å². The summed E-state index contributed by atoms with van der Waals surface area (Å²) < 4.78 is 32.3. The smallest absolute Gasteiger partial charge is 0.407 e. The predicted molar refractivity (Wildman–Crippen MR) is 175 cm³/mol. The number of carboxylic acid groups (broad SMARTS) is 1. The maximum Gasteiger partial charge on any atom is 0.407 e. The van der Waals surface area contributed by atoms with E-state index < -0.39 is 51.9 Å². The van der Waals surface area contributed by atoms with Crippen molar-refractivity contribution < 1.29 is 47.0 Å². The van der Waals surface area contributed by atoms with Gasteiger partial charge in [0.05, 0.1) is 10.9 Å². The number of aliphatic carboxylic acids is 1. The van der Waals surface area contributed by atoms with Gasteiger partial charge in [-0.05, 0) is 63.5 Å². The second-order valence-electron chi connectivity index (χ2n) is 11.4. The van der Waals surface area contributed by atoms with E-state index in [-0.39, 0.29) is 68.5 Å². The SMILES string of the molecule is C=CCOC(=O)NCCCCC(NC(=O)CCCCNC(C)=O)C(=O)CCC(NC(=O)C1CCCN1S(=O)(=O)c1ccccc1)C(=O)O. The molecule has 1 saturated heterocycles. The Labute approximate surface area is 281 Å². The van der Waals surface area contributed by atoms with Crippen LogP contribution in [0.25, 0.3) is 0 Å². The van der Waals surface area contributed by atoms with Gasteiger partial charge in [0.25, 0.3) is 0 Å². The lowest BCUT2D eigenvalue weighted by Crippen LogP contribution is -2.51. The number of rotatable bonds is 22. The molecule has 3 unspecified atom stereocenters. The summed E-state index contributed by atoms with van der Waals surface area (Å²) in [4.78, 5) is 73.8. The fraction of sp³-hybridized carbons (Fsp3) is 0.562. The second-order valence-corrected chi connectivity index (χ2v) is 13.3. The summed E-state index contributed by atoms with van der Waals surface area (Å²) >= 11 is 0. The van der Waals surface area contributed by atoms with Crippen LogP contribution in [0.4, 0.5) is 4.79 Å². The summed E-state index contributed by atoms with van der Waals surface area (Å²) in [7, 11) is -4.00. The Morgan fingerprint density at radius 1 is 0.958 bits per heavy atom. The third-order valence-electron chi connectivity index (χ3n) is 7.60. The first-order chi connectivity index (χ1) is 22.9. The molecule has 0 aromatic heterocycles. The highest BCUT2D eigenvalue weighted by atomic mass is 32.2. The van der Waals surface area contributed by atoms with Gasteiger partial charge < -0.3 is 31.1 Å². The van der Waals surface area contributed by atoms with Crippen molar-refractivity contribution in [1.29, 1.82) is 0 Å². The number of alkyl carbamates (subject to hydrolysis) is 1. The van der Waals surface area contributed by atoms with E-state index in [1.165, 1.54) is 25.1 Å². The molecule has 48 heavy (non-hydrogen) atoms. The first kappa shape index (κ1) is 39.9. The Bertz CT molecular complexity index is 1370. The van der Waals surface area contributed by atoms with Crippen LogP contribution in [0.3, 0.4) is 0 Å². The highest BCUT2D eigenvalue weighted by Gasteiger charge is 2.40. The van der Waals surface area contributed by atoms with E-state index in [9.17, 15) is 42.3 Å². The van der Waals surface area contributed by atoms with Gasteiger partial charge in [-0.25, -0.2) is 18.0 Å². The fourth-order valence-electron chi connectivity index (χ4n) is 5.11. The molecule has 1 aliphatic heterocycles. The molecule has 0 spiro atoms. The highest BCUT2D eigenvalue weighted by molar-refractivity contribution is 7.89. The van der Waals surface area contributed by atoms with Gasteiger partial charge in [-0.2, -0.15) is 4.31 Å². The molecule has 4 amide bonds. The third kappa shape index (κ3) is 13.8. The van der Waals surface area contributed by atoms with Crippen LogP contribution in [-0.4, -0.2) is 97.8 Å². The van der Waals surface area contributed by atoms with E-state index in [0.717, 1.165) is 4.31 Å². The van der Waals surface area contributed by atoms with Gasteiger partial charge in [-0.1, -0.05) is 30.9 Å². The normalized spacial score (nSPS) is 15.8. The molecule has 3 atom stereocenters. The molecule has 15 nitrogen and oxygen atoms in total. The molecule has 0 radical (unpaired) electrons. The molecule has 266 valence electrons. The number of amides is 4. The fourth-order valence-corrected chi connectivity index (χ4v) is 6.79. The van der Waals surface area contributed by atoms with Crippen molar-refractivity contribution in [2.24, 2.45) is 0 Å². The summed E-state index contributed by atoms with van der Waals surface area (Å²) in [5.74, 6) is -3.15. The molecule has 0 bridgehead atoms. The van der Waals surface area contributed by atoms with Gasteiger partial charge in [0, 0.05) is 39.4 Å². The number of unbranched alkanes of at least 4 members (excludes halogenated alkanes) is 2. The van der Waals surface area contributed by atoms with Gasteiger partial charge in [-0.3, -0.25) is 19.2 Å². The zero-order valence-electron chi connectivity index (χ0n) is 27.3. The number of sulfonamides is 1. The first-order valence-electron chi connectivity index (χ1n) is 16.0. The molecular weight excluding hydrogens is 646 g/mol. The maximum atomic E-state index is 13.3. The van der Waals surface area contributed by atoms with Gasteiger partial charge in [0.1, 0.15) is 18.7 Å². The number of hydrogen-bond donors (Lipinski definition) is 5. The van der Waals surface area contributed by atoms with Crippen molar-refractivity contribution in [1.82, 2.24) is 25.6 Å². The Hall–Kier alpha value is -4.31. The molecule has 16 heteroatoms. The zero-order valence-corrected chi connectivity index (χ0v) is 28.1. The Morgan fingerprint density at radius 2 is 1.65 bits per heavy atom. The monoisotopic (exact) mass is 693 g/mol. The van der Waals surface area contributed by atoms with Crippen LogP contribution in [-0.2, 0) is 38.7 Å². The van der Waals surface area contributed by atoms with Crippen molar-refractivity contribution in [3.05, 3.63) is 43.0 Å². The van der Waals surface area contributed by atoms with Gasteiger partial charge >= 0.3 is 12.1 Å². The van der Waals surface area contributed by atoms with Gasteiger partial charge in [0.2, 0.25) is 27.7 Å². The summed E-state index contributed by atoms with van der Waals surface area (Å²) in [5, 5.41) is 20.2. The molecule has 1 heterocycles. The van der Waals surface area contributed by atoms with Gasteiger partial charge in [0.15, 0.2) is 5.78 Å². The summed E-state index contributed by atoms with van der Waals surface area (Å²) in [5.41, 5.74) is 0. The minimum atomic E-state index is -4.00. The lowest BCUT2D eigenvalue weighted by atomic mass is 9.99. The average Bonchev–Trinajstić information content (AvgIpc) is 3.56. The topological polar surface area (TPSA) is 217 Å². The van der Waals surface area contributed by atoms with E-state index >= 15 is 0 Å². The predicted octanol–water partition coefficient (Wildman–Crippen LogP) is 1.63. The number of nitrogens with one attached hydrogen (secondary N) is 4. The van der Waals surface area contributed by atoms with E-state index in [1.54, 1.807) is 18.2 Å². The average molecular weight is 694 g/mol. The summed E-state index contributed by atoms with van der Waals surface area (Å²) in [6.07, 6.45) is 3.14. The molecule has 5 N–H and O–H groups in total. The van der Waals surface area contributed by atoms with Crippen LogP contribution in [0.5, 0.6) is 0 Å². The lowest BCUT2D eigenvalue weighted by molar-refractivity contribution is -0.142. The van der Waals surface area contributed by atoms with Crippen LogP contribution in [0, 0.1) is 0 Å². The van der Waals surface area contributed by atoms with E-state index in [2.05, 4.69) is 27.8 Å². The van der Waals surface area contributed by atoms with Crippen molar-refractivity contribution >= 4 is 45.6 Å². The largest absolute Gasteiger partial charge is 0.480 e. The summed E-state index contributed by atoms with van der Waals surface area (Å²) in [6, 6.07) is 4.13. The van der Waals surface area contributed by atoms with Crippen molar-refractivity contribution in [3.8, 4) is 0 Å². The molecule has 2 rings (SSSR count). The van der Waals surface area contributed by atoms with E-state index in [1.807, 2.05) is 0 Å².